The van der Waals surface area contributed by atoms with Crippen LogP contribution in [0.25, 0.3) is 0 Å². The number of rotatable bonds is 15. The molecule has 6 nitrogen and oxygen atoms in total. The lowest BCUT2D eigenvalue weighted by atomic mass is 10.5. The van der Waals surface area contributed by atoms with Gasteiger partial charge < -0.3 is 18.1 Å². The molecule has 0 radical (unpaired) electrons. The molecule has 0 fully saturated rings. The van der Waals surface area contributed by atoms with Crippen molar-refractivity contribution in [2.75, 3.05) is 26.4 Å². The predicted molar refractivity (Wildman–Crippen MR) is 110 cm³/mol. The van der Waals surface area contributed by atoms with E-state index in [1.807, 2.05) is 0 Å². The molecule has 12 heteroatoms. The van der Waals surface area contributed by atoms with E-state index in [4.69, 9.17) is 69.0 Å². The van der Waals surface area contributed by atoms with Crippen LogP contribution in [0.15, 0.2) is 0 Å². The summed E-state index contributed by atoms with van der Waals surface area (Å²) >= 11 is 23.6. The largest absolute Gasteiger partial charge is 0.359 e. The van der Waals surface area contributed by atoms with Gasteiger partial charge >= 0.3 is 16.2 Å². The summed E-state index contributed by atoms with van der Waals surface area (Å²) in [5, 5.41) is -1.19. The van der Waals surface area contributed by atoms with Gasteiger partial charge in [-0.2, -0.15) is 0 Å². The first-order valence-corrected chi connectivity index (χ1v) is 12.6. The highest BCUT2D eigenvalue weighted by Crippen LogP contribution is 2.58. The summed E-state index contributed by atoms with van der Waals surface area (Å²) < 4.78 is 40.7. The van der Waals surface area contributed by atoms with Gasteiger partial charge in [0, 0.05) is 0 Å². The van der Waals surface area contributed by atoms with E-state index in [1.165, 1.54) is 0 Å². The van der Waals surface area contributed by atoms with Gasteiger partial charge in [-0.3, -0.25) is 9.09 Å². The molecule has 0 aliphatic rings. The van der Waals surface area contributed by atoms with Crippen LogP contribution in [0.2, 0.25) is 0 Å². The molecule has 0 heterocycles. The third kappa shape index (κ3) is 13.7. The van der Waals surface area contributed by atoms with Crippen LogP contribution in [-0.2, 0) is 27.2 Å². The normalized spacial score (nSPS) is 21.4. The predicted octanol–water partition coefficient (Wildman–Crippen LogP) is 6.34. The molecule has 5 unspecified atom stereocenters. The van der Waals surface area contributed by atoms with Crippen molar-refractivity contribution in [3.8, 4) is 0 Å². The molecule has 0 saturated heterocycles. The monoisotopic (exact) mass is 494 g/mol. The summed E-state index contributed by atoms with van der Waals surface area (Å²) in [5.41, 5.74) is 0. The Hall–Kier alpha value is 1.62. The zero-order valence-corrected chi connectivity index (χ0v) is 20.4. The Morgan fingerprint density at radius 1 is 0.731 bits per heavy atom. The summed E-state index contributed by atoms with van der Waals surface area (Å²) in [6, 6.07) is 0. The molecule has 0 bridgehead atoms. The third-order valence-corrected chi connectivity index (χ3v) is 6.36. The smallest absolute Gasteiger partial charge is 0.311 e. The van der Waals surface area contributed by atoms with E-state index >= 15 is 0 Å². The lowest BCUT2D eigenvalue weighted by molar-refractivity contribution is 0.122. The van der Waals surface area contributed by atoms with E-state index in [9.17, 15) is 4.57 Å². The van der Waals surface area contributed by atoms with Crippen LogP contribution < -0.4 is 0 Å². The third-order valence-electron chi connectivity index (χ3n) is 2.47. The topological polar surface area (TPSA) is 63.2 Å². The highest BCUT2D eigenvalue weighted by molar-refractivity contribution is 7.55. The van der Waals surface area contributed by atoms with Crippen molar-refractivity contribution in [2.24, 2.45) is 0 Å². The van der Waals surface area contributed by atoms with Crippen molar-refractivity contribution in [1.82, 2.24) is 0 Å². The molecule has 5 atom stereocenters. The SMILES string of the molecule is CC(Cl)COP(OCC(C)Cl)OC(C)P(=O)(OCC(C)Cl)OCC(C)Cl. The van der Waals surface area contributed by atoms with E-state index in [-0.39, 0.29) is 47.9 Å². The van der Waals surface area contributed by atoms with Crippen LogP contribution in [0.5, 0.6) is 0 Å². The van der Waals surface area contributed by atoms with E-state index < -0.39 is 22.0 Å². The summed E-state index contributed by atoms with van der Waals surface area (Å²) in [5.74, 6) is -0.962. The quantitative estimate of drug-likeness (QED) is 0.195. The molecule has 0 N–H and O–H groups in total. The van der Waals surface area contributed by atoms with Crippen LogP contribution in [0.4, 0.5) is 0 Å². The molecule has 0 aliphatic heterocycles. The highest BCUT2D eigenvalue weighted by Gasteiger charge is 2.37. The summed E-state index contributed by atoms with van der Waals surface area (Å²) in [4.78, 5) is 0. The lowest BCUT2D eigenvalue weighted by Crippen LogP contribution is -2.18. The van der Waals surface area contributed by atoms with Gasteiger partial charge in [0.05, 0.1) is 47.9 Å². The number of alkyl halides is 4. The first-order valence-electron chi connectivity index (χ1n) is 8.14. The molecular formula is C14H28Cl4O6P2. The van der Waals surface area contributed by atoms with Crippen LogP contribution in [0.1, 0.15) is 34.6 Å². The van der Waals surface area contributed by atoms with Crippen molar-refractivity contribution in [3.63, 3.8) is 0 Å². The van der Waals surface area contributed by atoms with Crippen molar-refractivity contribution in [1.29, 1.82) is 0 Å². The molecule has 0 aromatic heterocycles. The van der Waals surface area contributed by atoms with E-state index in [0.29, 0.717) is 0 Å². The minimum Gasteiger partial charge on any atom is -0.311 e. The molecule has 158 valence electrons. The summed E-state index contributed by atoms with van der Waals surface area (Å²) in [6.07, 6.45) is 0. The van der Waals surface area contributed by atoms with Crippen molar-refractivity contribution < 1.29 is 27.2 Å². The van der Waals surface area contributed by atoms with E-state index in [2.05, 4.69) is 0 Å². The maximum Gasteiger partial charge on any atom is 0.359 e. The van der Waals surface area contributed by atoms with Gasteiger partial charge in [0.25, 0.3) is 0 Å². The van der Waals surface area contributed by atoms with Crippen molar-refractivity contribution in [2.45, 2.75) is 62.0 Å². The molecule has 0 spiro atoms. The Morgan fingerprint density at radius 3 is 1.38 bits per heavy atom. The maximum absolute atomic E-state index is 13.1. The second-order valence-corrected chi connectivity index (χ2v) is 12.3. The van der Waals surface area contributed by atoms with Gasteiger partial charge in [-0.25, -0.2) is 0 Å². The Bertz CT molecular complexity index is 387. The van der Waals surface area contributed by atoms with E-state index in [0.717, 1.165) is 0 Å². The second-order valence-electron chi connectivity index (χ2n) is 5.77. The molecule has 26 heavy (non-hydrogen) atoms. The lowest BCUT2D eigenvalue weighted by Gasteiger charge is -2.27. The second kappa shape index (κ2) is 14.6. The minimum atomic E-state index is -3.67. The van der Waals surface area contributed by atoms with Crippen LogP contribution in [0.3, 0.4) is 0 Å². The molecule has 0 aliphatic carbocycles. The average molecular weight is 496 g/mol. The maximum atomic E-state index is 13.1. The summed E-state index contributed by atoms with van der Waals surface area (Å²) in [6.45, 7) is 8.96. The molecule has 0 aromatic carbocycles. The summed E-state index contributed by atoms with van der Waals surface area (Å²) in [7, 11) is -5.52. The molecule has 0 aromatic rings. The Labute approximate surface area is 177 Å². The van der Waals surface area contributed by atoms with Crippen LogP contribution in [-0.4, -0.2) is 53.8 Å². The van der Waals surface area contributed by atoms with Crippen LogP contribution in [0, 0.1) is 0 Å². The fourth-order valence-electron chi connectivity index (χ4n) is 1.27. The Kier molecular flexibility index (Phi) is 15.5. The standard InChI is InChI=1S/C14H28Cl4O6P2/c1-10(15)6-20-25(21-7-11(2)16)24-14(5)26(19,22-8-12(3)17)23-9-13(4)18/h10-14H,6-9H2,1-5H3. The Balaban J connectivity index is 5.02. The molecule has 0 rings (SSSR count). The van der Waals surface area contributed by atoms with Gasteiger partial charge in [0.15, 0.2) is 5.85 Å². The number of halogens is 4. The first-order chi connectivity index (χ1) is 12.0. The first kappa shape index (κ1) is 27.6. The zero-order valence-electron chi connectivity index (χ0n) is 15.6. The molecule has 0 saturated carbocycles. The van der Waals surface area contributed by atoms with Crippen molar-refractivity contribution in [3.05, 3.63) is 0 Å². The Morgan fingerprint density at radius 2 is 1.08 bits per heavy atom. The average Bonchev–Trinajstić information content (AvgIpc) is 2.52. The fraction of sp³-hybridized carbons (Fsp3) is 1.00. The van der Waals surface area contributed by atoms with Gasteiger partial charge in [-0.1, -0.05) is 0 Å². The van der Waals surface area contributed by atoms with Gasteiger partial charge in [0.2, 0.25) is 0 Å². The number of hydrogen-bond donors (Lipinski definition) is 0. The van der Waals surface area contributed by atoms with Gasteiger partial charge in [0.1, 0.15) is 0 Å². The van der Waals surface area contributed by atoms with Gasteiger partial charge in [-0.15, -0.1) is 46.4 Å². The highest BCUT2D eigenvalue weighted by atomic mass is 35.5. The molecule has 0 amide bonds. The zero-order chi connectivity index (χ0) is 20.3. The minimum absolute atomic E-state index is 0.0280. The van der Waals surface area contributed by atoms with E-state index in [1.54, 1.807) is 34.6 Å². The fourth-order valence-corrected chi connectivity index (χ4v) is 5.06. The van der Waals surface area contributed by atoms with Crippen molar-refractivity contribution >= 4 is 62.6 Å². The number of hydrogen-bond acceptors (Lipinski definition) is 6. The van der Waals surface area contributed by atoms with Gasteiger partial charge in [-0.05, 0) is 34.6 Å². The van der Waals surface area contributed by atoms with Crippen LogP contribution >= 0.6 is 62.6 Å². The molecular weight excluding hydrogens is 468 g/mol.